The number of nitro benzene ring substituents is 1. The predicted octanol–water partition coefficient (Wildman–Crippen LogP) is 3.61. The Morgan fingerprint density at radius 3 is 2.43 bits per heavy atom. The molecule has 0 aliphatic heterocycles. The lowest BCUT2D eigenvalue weighted by atomic mass is 10.3. The molecule has 0 unspecified atom stereocenters. The summed E-state index contributed by atoms with van der Waals surface area (Å²) in [5.41, 5.74) is 0.421. The SMILES string of the molecule is CS(=O)(=O)c1cccc(Sc2nnc(C3CC3)n2-c2ccccc2)c1[N+](=O)[O-]. The molecule has 1 aliphatic rings. The Balaban J connectivity index is 1.84. The van der Waals surface area contributed by atoms with Crippen molar-refractivity contribution in [1.29, 1.82) is 0 Å². The minimum Gasteiger partial charge on any atom is -0.274 e. The zero-order valence-corrected chi connectivity index (χ0v) is 16.5. The molecular formula is C18H16N4O4S2. The van der Waals surface area contributed by atoms with Crippen LogP contribution >= 0.6 is 11.8 Å². The zero-order chi connectivity index (χ0) is 19.9. The fraction of sp³-hybridized carbons (Fsp3) is 0.222. The molecule has 3 aromatic rings. The Morgan fingerprint density at radius 1 is 1.11 bits per heavy atom. The van der Waals surface area contributed by atoms with Gasteiger partial charge in [0.2, 0.25) is 5.16 Å². The van der Waals surface area contributed by atoms with Gasteiger partial charge in [-0.3, -0.25) is 14.7 Å². The molecular weight excluding hydrogens is 400 g/mol. The number of aromatic nitrogens is 3. The van der Waals surface area contributed by atoms with Crippen LogP contribution in [-0.4, -0.2) is 34.4 Å². The fourth-order valence-corrected chi connectivity index (χ4v) is 4.86. The summed E-state index contributed by atoms with van der Waals surface area (Å²) in [7, 11) is -3.75. The number of benzene rings is 2. The van der Waals surface area contributed by atoms with E-state index >= 15 is 0 Å². The zero-order valence-electron chi connectivity index (χ0n) is 14.8. The standard InChI is InChI=1S/C18H16N4O4S2/c1-28(25,26)15-9-5-8-14(16(15)22(23)24)27-18-20-19-17(12-10-11-12)21(18)13-6-3-2-4-7-13/h2-9,12H,10-11H2,1H3. The summed E-state index contributed by atoms with van der Waals surface area (Å²) >= 11 is 1.04. The average Bonchev–Trinajstić information content (AvgIpc) is 3.42. The van der Waals surface area contributed by atoms with Gasteiger partial charge in [-0.05, 0) is 48.9 Å². The Labute approximate surface area is 165 Å². The molecule has 0 N–H and O–H groups in total. The van der Waals surface area contributed by atoms with Gasteiger partial charge in [-0.15, -0.1) is 10.2 Å². The highest BCUT2D eigenvalue weighted by Gasteiger charge is 2.32. The number of rotatable bonds is 6. The third-order valence-corrected chi connectivity index (χ3v) is 6.49. The van der Waals surface area contributed by atoms with Crippen LogP contribution in [0.2, 0.25) is 0 Å². The van der Waals surface area contributed by atoms with Gasteiger partial charge in [0, 0.05) is 17.9 Å². The quantitative estimate of drug-likeness (QED) is 0.446. The van der Waals surface area contributed by atoms with Crippen LogP contribution in [0.5, 0.6) is 0 Å². The molecule has 8 nitrogen and oxygen atoms in total. The van der Waals surface area contributed by atoms with E-state index < -0.39 is 20.4 Å². The van der Waals surface area contributed by atoms with Gasteiger partial charge in [-0.25, -0.2) is 8.42 Å². The van der Waals surface area contributed by atoms with Crippen molar-refractivity contribution in [3.05, 3.63) is 64.5 Å². The van der Waals surface area contributed by atoms with E-state index in [-0.39, 0.29) is 9.79 Å². The monoisotopic (exact) mass is 416 g/mol. The number of hydrogen-bond acceptors (Lipinski definition) is 7. The highest BCUT2D eigenvalue weighted by molar-refractivity contribution is 7.99. The van der Waals surface area contributed by atoms with E-state index in [1.165, 1.54) is 18.2 Å². The molecule has 1 aliphatic carbocycles. The summed E-state index contributed by atoms with van der Waals surface area (Å²) < 4.78 is 25.9. The van der Waals surface area contributed by atoms with Crippen LogP contribution in [0, 0.1) is 10.1 Å². The molecule has 0 bridgehead atoms. The van der Waals surface area contributed by atoms with E-state index in [0.717, 1.165) is 42.4 Å². The van der Waals surface area contributed by atoms with Crippen molar-refractivity contribution < 1.29 is 13.3 Å². The Morgan fingerprint density at radius 2 is 1.82 bits per heavy atom. The molecule has 2 aromatic carbocycles. The molecule has 4 rings (SSSR count). The van der Waals surface area contributed by atoms with Gasteiger partial charge in [-0.2, -0.15) is 0 Å². The third kappa shape index (κ3) is 3.52. The highest BCUT2D eigenvalue weighted by atomic mass is 32.2. The third-order valence-electron chi connectivity index (χ3n) is 4.36. The van der Waals surface area contributed by atoms with Crippen molar-refractivity contribution in [2.75, 3.05) is 6.26 Å². The molecule has 0 spiro atoms. The topological polar surface area (TPSA) is 108 Å². The van der Waals surface area contributed by atoms with Gasteiger partial charge in [0.05, 0.1) is 9.82 Å². The van der Waals surface area contributed by atoms with Crippen molar-refractivity contribution >= 4 is 27.3 Å². The molecule has 1 saturated carbocycles. The summed E-state index contributed by atoms with van der Waals surface area (Å²) in [6.45, 7) is 0. The van der Waals surface area contributed by atoms with Gasteiger partial charge in [-0.1, -0.05) is 24.3 Å². The lowest BCUT2D eigenvalue weighted by Crippen LogP contribution is -2.05. The van der Waals surface area contributed by atoms with Crippen molar-refractivity contribution in [2.24, 2.45) is 0 Å². The largest absolute Gasteiger partial charge is 0.301 e. The van der Waals surface area contributed by atoms with Gasteiger partial charge in [0.15, 0.2) is 9.84 Å². The fourth-order valence-electron chi connectivity index (χ4n) is 2.94. The van der Waals surface area contributed by atoms with E-state index in [1.54, 1.807) is 0 Å². The second-order valence-corrected chi connectivity index (χ2v) is 9.51. The van der Waals surface area contributed by atoms with Crippen molar-refractivity contribution in [2.45, 2.75) is 33.7 Å². The molecule has 10 heteroatoms. The van der Waals surface area contributed by atoms with Gasteiger partial charge in [0.1, 0.15) is 10.7 Å². The lowest BCUT2D eigenvalue weighted by Gasteiger charge is -2.10. The van der Waals surface area contributed by atoms with Gasteiger partial charge < -0.3 is 0 Å². The van der Waals surface area contributed by atoms with Crippen LogP contribution in [0.3, 0.4) is 0 Å². The summed E-state index contributed by atoms with van der Waals surface area (Å²) in [5, 5.41) is 20.6. The van der Waals surface area contributed by atoms with Gasteiger partial charge in [0.25, 0.3) is 0 Å². The summed E-state index contributed by atoms with van der Waals surface area (Å²) in [5.74, 6) is 1.13. The second kappa shape index (κ2) is 7.02. The second-order valence-electron chi connectivity index (χ2n) is 6.52. The van der Waals surface area contributed by atoms with Crippen LogP contribution in [0.15, 0.2) is 63.5 Å². The summed E-state index contributed by atoms with van der Waals surface area (Å²) in [6.07, 6.45) is 3.01. The maximum Gasteiger partial charge on any atom is 0.301 e. The predicted molar refractivity (Wildman–Crippen MR) is 104 cm³/mol. The normalized spacial score (nSPS) is 14.2. The number of nitro groups is 1. The molecule has 0 atom stereocenters. The van der Waals surface area contributed by atoms with Crippen LogP contribution in [0.1, 0.15) is 24.6 Å². The van der Waals surface area contributed by atoms with Crippen molar-refractivity contribution in [1.82, 2.24) is 14.8 Å². The van der Waals surface area contributed by atoms with Crippen LogP contribution in [0.25, 0.3) is 5.69 Å². The first-order valence-corrected chi connectivity index (χ1v) is 11.2. The van der Waals surface area contributed by atoms with E-state index in [2.05, 4.69) is 10.2 Å². The Kier molecular flexibility index (Phi) is 4.68. The van der Waals surface area contributed by atoms with E-state index in [0.29, 0.717) is 11.1 Å². The minimum atomic E-state index is -3.75. The number of nitrogens with zero attached hydrogens (tertiary/aromatic N) is 4. The number of para-hydroxylation sites is 2. The first-order chi connectivity index (χ1) is 13.4. The maximum atomic E-state index is 12.0. The molecule has 1 heterocycles. The number of hydrogen-bond donors (Lipinski definition) is 0. The summed E-state index contributed by atoms with van der Waals surface area (Å²) in [4.78, 5) is 10.9. The van der Waals surface area contributed by atoms with Crippen LogP contribution < -0.4 is 0 Å². The Hall–Kier alpha value is -2.72. The van der Waals surface area contributed by atoms with E-state index in [1.807, 2.05) is 34.9 Å². The van der Waals surface area contributed by atoms with Crippen LogP contribution in [-0.2, 0) is 9.84 Å². The van der Waals surface area contributed by atoms with E-state index in [9.17, 15) is 18.5 Å². The molecule has 144 valence electrons. The van der Waals surface area contributed by atoms with Crippen molar-refractivity contribution in [3.8, 4) is 5.69 Å². The van der Waals surface area contributed by atoms with Crippen molar-refractivity contribution in [3.63, 3.8) is 0 Å². The Bertz CT molecular complexity index is 1160. The molecule has 0 radical (unpaired) electrons. The highest BCUT2D eigenvalue weighted by Crippen LogP contribution is 2.43. The molecule has 1 aromatic heterocycles. The van der Waals surface area contributed by atoms with Crippen LogP contribution in [0.4, 0.5) is 5.69 Å². The lowest BCUT2D eigenvalue weighted by molar-refractivity contribution is -0.390. The molecule has 0 amide bonds. The molecule has 1 fully saturated rings. The first-order valence-electron chi connectivity index (χ1n) is 8.52. The first kappa shape index (κ1) is 18.6. The average molecular weight is 416 g/mol. The molecule has 28 heavy (non-hydrogen) atoms. The van der Waals surface area contributed by atoms with Gasteiger partial charge >= 0.3 is 5.69 Å². The van der Waals surface area contributed by atoms with E-state index in [4.69, 9.17) is 0 Å². The minimum absolute atomic E-state index is 0.208. The number of sulfone groups is 1. The molecule has 0 saturated heterocycles. The summed E-state index contributed by atoms with van der Waals surface area (Å²) in [6, 6.07) is 13.8. The smallest absolute Gasteiger partial charge is 0.274 e. The maximum absolute atomic E-state index is 12.0.